The number of alkyl halides is 2. The molecule has 2 aromatic rings. The molecule has 142 valence electrons. The van der Waals surface area contributed by atoms with Gasteiger partial charge < -0.3 is 18.9 Å². The number of fused-ring (bicyclic) bond motifs is 1. The van der Waals surface area contributed by atoms with Crippen LogP contribution in [0.5, 0.6) is 11.5 Å². The van der Waals surface area contributed by atoms with Crippen LogP contribution in [-0.2, 0) is 22.7 Å². The molecule has 0 fully saturated rings. The van der Waals surface area contributed by atoms with Crippen LogP contribution in [-0.4, -0.2) is 24.3 Å². The lowest BCUT2D eigenvalue weighted by atomic mass is 10.1. The number of carbonyl (C=O) groups excluding carboxylic acids is 1. The summed E-state index contributed by atoms with van der Waals surface area (Å²) in [5.41, 5.74) is 0.742. The van der Waals surface area contributed by atoms with Gasteiger partial charge in [0.05, 0.1) is 17.1 Å². The topological polar surface area (TPSA) is 97.1 Å². The molecule has 0 spiro atoms. The van der Waals surface area contributed by atoms with Crippen molar-refractivity contribution in [3.63, 3.8) is 0 Å². The maximum absolute atomic E-state index is 12.1. The van der Waals surface area contributed by atoms with Crippen LogP contribution < -0.4 is 9.47 Å². The fraction of sp³-hybridized carbons (Fsp3) is 0.235. The van der Waals surface area contributed by atoms with E-state index >= 15 is 0 Å². The van der Waals surface area contributed by atoms with Crippen molar-refractivity contribution in [2.75, 3.05) is 6.79 Å². The monoisotopic (exact) mass is 381 g/mol. The number of nitro groups is 1. The molecule has 10 heteroatoms. The van der Waals surface area contributed by atoms with Gasteiger partial charge in [0.2, 0.25) is 0 Å². The Balaban J connectivity index is 1.73. The van der Waals surface area contributed by atoms with E-state index < -0.39 is 17.5 Å². The third-order valence-electron chi connectivity index (χ3n) is 3.66. The highest BCUT2D eigenvalue weighted by Crippen LogP contribution is 2.33. The number of ether oxygens (including phenoxy) is 4. The molecule has 1 aliphatic heterocycles. The third-order valence-corrected chi connectivity index (χ3v) is 3.66. The summed E-state index contributed by atoms with van der Waals surface area (Å²) in [6.45, 7) is -3.11. The minimum atomic E-state index is -2.97. The van der Waals surface area contributed by atoms with Gasteiger partial charge in [0.1, 0.15) is 18.1 Å². The summed E-state index contributed by atoms with van der Waals surface area (Å²) in [5, 5.41) is 11.1. The number of hydrogen-bond acceptors (Lipinski definition) is 7. The highest BCUT2D eigenvalue weighted by Gasteiger charge is 2.22. The van der Waals surface area contributed by atoms with Gasteiger partial charge in [0.25, 0.3) is 5.69 Å². The maximum Gasteiger partial charge on any atom is 0.387 e. The summed E-state index contributed by atoms with van der Waals surface area (Å²) >= 11 is 0. The fourth-order valence-corrected chi connectivity index (χ4v) is 2.49. The average molecular weight is 381 g/mol. The van der Waals surface area contributed by atoms with E-state index in [2.05, 4.69) is 4.74 Å². The molecular formula is C17H13F2NO7. The highest BCUT2D eigenvalue weighted by molar-refractivity contribution is 5.89. The number of non-ortho nitro benzene ring substituents is 1. The molecule has 0 saturated heterocycles. The first-order valence-electron chi connectivity index (χ1n) is 7.67. The zero-order chi connectivity index (χ0) is 19.4. The van der Waals surface area contributed by atoms with Crippen molar-refractivity contribution in [3.8, 4) is 11.5 Å². The van der Waals surface area contributed by atoms with Crippen LogP contribution in [0.25, 0.3) is 0 Å². The number of nitro benzene ring substituents is 1. The Morgan fingerprint density at radius 2 is 2.00 bits per heavy atom. The van der Waals surface area contributed by atoms with E-state index in [0.717, 1.165) is 0 Å². The largest absolute Gasteiger partial charge is 0.467 e. The molecule has 0 N–H and O–H groups in total. The number of halogens is 2. The van der Waals surface area contributed by atoms with Crippen molar-refractivity contribution >= 4 is 11.7 Å². The van der Waals surface area contributed by atoms with Gasteiger partial charge in [-0.1, -0.05) is 0 Å². The van der Waals surface area contributed by atoms with Crippen LogP contribution in [0.15, 0.2) is 36.4 Å². The van der Waals surface area contributed by atoms with Crippen LogP contribution >= 0.6 is 0 Å². The van der Waals surface area contributed by atoms with Gasteiger partial charge in [0.15, 0.2) is 6.79 Å². The highest BCUT2D eigenvalue weighted by atomic mass is 19.3. The summed E-state index contributed by atoms with van der Waals surface area (Å²) in [7, 11) is 0. The van der Waals surface area contributed by atoms with Crippen LogP contribution in [0.1, 0.15) is 21.5 Å². The minimum absolute atomic E-state index is 0.0165. The first kappa shape index (κ1) is 18.5. The smallest absolute Gasteiger partial charge is 0.387 e. The third kappa shape index (κ3) is 4.47. The number of hydrogen-bond donors (Lipinski definition) is 0. The Morgan fingerprint density at radius 3 is 2.67 bits per heavy atom. The molecule has 0 radical (unpaired) electrons. The number of carbonyl (C=O) groups is 1. The van der Waals surface area contributed by atoms with Gasteiger partial charge in [-0.3, -0.25) is 10.1 Å². The summed E-state index contributed by atoms with van der Waals surface area (Å²) in [5.74, 6) is -0.450. The summed E-state index contributed by atoms with van der Waals surface area (Å²) in [6, 6.07) is 7.55. The number of rotatable bonds is 6. The second-order valence-corrected chi connectivity index (χ2v) is 5.44. The molecule has 0 bridgehead atoms. The molecule has 0 aliphatic carbocycles. The van der Waals surface area contributed by atoms with Gasteiger partial charge in [-0.25, -0.2) is 4.79 Å². The number of nitrogens with zero attached hydrogens (tertiary/aromatic N) is 1. The van der Waals surface area contributed by atoms with Gasteiger partial charge in [-0.15, -0.1) is 0 Å². The second kappa shape index (κ2) is 7.96. The van der Waals surface area contributed by atoms with Gasteiger partial charge in [0, 0.05) is 23.3 Å². The van der Waals surface area contributed by atoms with E-state index in [0.29, 0.717) is 16.9 Å². The predicted octanol–water partition coefficient (Wildman–Crippen LogP) is 3.42. The standard InChI is InChI=1S/C17H13F2NO7/c18-17(19)27-14-3-1-10(2-4-14)16(21)25-8-12-6-13(20(22)23)5-11-7-24-9-26-15(11)12/h1-6,17H,7-9H2. The van der Waals surface area contributed by atoms with Crippen LogP contribution in [0.2, 0.25) is 0 Å². The molecule has 0 atom stereocenters. The SMILES string of the molecule is O=C(OCc1cc([N+](=O)[O-])cc2c1OCOC2)c1ccc(OC(F)F)cc1. The number of benzene rings is 2. The molecule has 1 heterocycles. The first-order chi connectivity index (χ1) is 12.9. The van der Waals surface area contributed by atoms with E-state index in [1.54, 1.807) is 0 Å². The van der Waals surface area contributed by atoms with Crippen molar-refractivity contribution in [3.05, 3.63) is 63.2 Å². The fourth-order valence-electron chi connectivity index (χ4n) is 2.49. The summed E-state index contributed by atoms with van der Waals surface area (Å²) in [4.78, 5) is 22.6. The molecule has 0 unspecified atom stereocenters. The van der Waals surface area contributed by atoms with Crippen molar-refractivity contribution in [2.24, 2.45) is 0 Å². The van der Waals surface area contributed by atoms with Crippen molar-refractivity contribution in [1.82, 2.24) is 0 Å². The Kier molecular flexibility index (Phi) is 5.46. The lowest BCUT2D eigenvalue weighted by molar-refractivity contribution is -0.385. The predicted molar refractivity (Wildman–Crippen MR) is 85.6 cm³/mol. The van der Waals surface area contributed by atoms with Crippen LogP contribution in [0.3, 0.4) is 0 Å². The molecule has 0 amide bonds. The molecule has 8 nitrogen and oxygen atoms in total. The maximum atomic E-state index is 12.1. The van der Waals surface area contributed by atoms with E-state index in [9.17, 15) is 23.7 Å². The van der Waals surface area contributed by atoms with E-state index in [-0.39, 0.29) is 37.0 Å². The molecule has 1 aliphatic rings. The van der Waals surface area contributed by atoms with E-state index in [4.69, 9.17) is 14.2 Å². The molecule has 27 heavy (non-hydrogen) atoms. The van der Waals surface area contributed by atoms with Crippen LogP contribution in [0.4, 0.5) is 14.5 Å². The Labute approximate surface area is 151 Å². The second-order valence-electron chi connectivity index (χ2n) is 5.44. The lowest BCUT2D eigenvalue weighted by Gasteiger charge is -2.20. The minimum Gasteiger partial charge on any atom is -0.467 e. The van der Waals surface area contributed by atoms with Gasteiger partial charge in [-0.2, -0.15) is 8.78 Å². The van der Waals surface area contributed by atoms with Crippen molar-refractivity contribution in [2.45, 2.75) is 19.8 Å². The number of esters is 1. The van der Waals surface area contributed by atoms with E-state index in [1.165, 1.54) is 36.4 Å². The summed E-state index contributed by atoms with van der Waals surface area (Å²) < 4.78 is 44.1. The normalized spacial score (nSPS) is 12.9. The quantitative estimate of drug-likeness (QED) is 0.430. The Bertz CT molecular complexity index is 855. The zero-order valence-corrected chi connectivity index (χ0v) is 13.7. The van der Waals surface area contributed by atoms with Crippen molar-refractivity contribution < 1.29 is 37.4 Å². The molecule has 0 saturated carbocycles. The van der Waals surface area contributed by atoms with Gasteiger partial charge in [-0.05, 0) is 24.3 Å². The van der Waals surface area contributed by atoms with E-state index in [1.807, 2.05) is 0 Å². The average Bonchev–Trinajstić information content (AvgIpc) is 2.65. The Morgan fingerprint density at radius 1 is 1.26 bits per heavy atom. The van der Waals surface area contributed by atoms with Crippen molar-refractivity contribution in [1.29, 1.82) is 0 Å². The molecule has 0 aromatic heterocycles. The Hall–Kier alpha value is -3.27. The lowest BCUT2D eigenvalue weighted by Crippen LogP contribution is -2.15. The first-order valence-corrected chi connectivity index (χ1v) is 7.67. The molecule has 2 aromatic carbocycles. The molecular weight excluding hydrogens is 368 g/mol. The zero-order valence-electron chi connectivity index (χ0n) is 13.7. The summed E-state index contributed by atoms with van der Waals surface area (Å²) in [6.07, 6.45) is 0. The molecule has 3 rings (SSSR count). The van der Waals surface area contributed by atoms with Gasteiger partial charge >= 0.3 is 12.6 Å². The van der Waals surface area contributed by atoms with Crippen LogP contribution in [0, 0.1) is 10.1 Å².